The Morgan fingerprint density at radius 1 is 1.42 bits per heavy atom. The van der Waals surface area contributed by atoms with Crippen LogP contribution in [-0.2, 0) is 11.3 Å². The molecule has 1 amide bonds. The maximum Gasteiger partial charge on any atom is 0.224 e. The standard InChI is InChI=1S/C18H22FN3O2/c1-13-10-20-21(11-13)9-8-18(24)22(16-6-7-16)12-17(23)14-2-4-15(19)5-3-14/h2-5,10-11,16-17,23H,6-9,12H2,1H3. The number of nitrogens with zero attached hydrogens (tertiary/aromatic N) is 3. The molecule has 6 heteroatoms. The van der Waals surface area contributed by atoms with Crippen molar-refractivity contribution in [3.05, 3.63) is 53.6 Å². The summed E-state index contributed by atoms with van der Waals surface area (Å²) in [5.41, 5.74) is 1.69. The van der Waals surface area contributed by atoms with Crippen LogP contribution in [-0.4, -0.2) is 38.3 Å². The SMILES string of the molecule is Cc1cnn(CCC(=O)N(CC(O)c2ccc(F)cc2)C2CC2)c1. The molecule has 0 aliphatic heterocycles. The van der Waals surface area contributed by atoms with Gasteiger partial charge in [0.2, 0.25) is 5.91 Å². The Kier molecular flexibility index (Phi) is 4.94. The third kappa shape index (κ3) is 4.20. The summed E-state index contributed by atoms with van der Waals surface area (Å²) < 4.78 is 14.7. The summed E-state index contributed by atoms with van der Waals surface area (Å²) in [6, 6.07) is 5.97. The van der Waals surface area contributed by atoms with Crippen LogP contribution in [0.3, 0.4) is 0 Å². The minimum absolute atomic E-state index is 0.0202. The van der Waals surface area contributed by atoms with E-state index in [1.165, 1.54) is 12.1 Å². The number of aryl methyl sites for hydroxylation is 2. The molecule has 0 radical (unpaired) electrons. The second kappa shape index (κ2) is 7.13. The molecule has 1 aromatic heterocycles. The molecule has 1 aliphatic rings. The third-order valence-corrected chi connectivity index (χ3v) is 4.25. The minimum atomic E-state index is -0.804. The van der Waals surface area contributed by atoms with Crippen LogP contribution in [0.25, 0.3) is 0 Å². The molecule has 3 rings (SSSR count). The van der Waals surface area contributed by atoms with Crippen LogP contribution in [0, 0.1) is 12.7 Å². The highest BCUT2D eigenvalue weighted by molar-refractivity contribution is 5.76. The Hall–Kier alpha value is -2.21. The third-order valence-electron chi connectivity index (χ3n) is 4.25. The number of carbonyl (C=O) groups is 1. The molecule has 1 atom stereocenters. The Morgan fingerprint density at radius 2 is 2.12 bits per heavy atom. The van der Waals surface area contributed by atoms with Crippen LogP contribution in [0.4, 0.5) is 4.39 Å². The van der Waals surface area contributed by atoms with E-state index in [2.05, 4.69) is 5.10 Å². The first-order valence-corrected chi connectivity index (χ1v) is 8.25. The Labute approximate surface area is 140 Å². The highest BCUT2D eigenvalue weighted by Gasteiger charge is 2.33. The number of hydrogen-bond donors (Lipinski definition) is 1. The zero-order chi connectivity index (χ0) is 17.1. The average molecular weight is 331 g/mol. The van der Waals surface area contributed by atoms with Gasteiger partial charge in [0.15, 0.2) is 0 Å². The molecule has 0 saturated heterocycles. The lowest BCUT2D eigenvalue weighted by molar-refractivity contribution is -0.133. The summed E-state index contributed by atoms with van der Waals surface area (Å²) in [6.07, 6.45) is 5.17. The summed E-state index contributed by atoms with van der Waals surface area (Å²) in [4.78, 5) is 14.3. The van der Waals surface area contributed by atoms with Crippen molar-refractivity contribution < 1.29 is 14.3 Å². The lowest BCUT2D eigenvalue weighted by Crippen LogP contribution is -2.37. The van der Waals surface area contributed by atoms with Gasteiger partial charge in [0.1, 0.15) is 5.82 Å². The lowest BCUT2D eigenvalue weighted by Gasteiger charge is -2.25. The monoisotopic (exact) mass is 331 g/mol. The second-order valence-electron chi connectivity index (χ2n) is 6.38. The maximum absolute atomic E-state index is 13.0. The van der Waals surface area contributed by atoms with Crippen LogP contribution in [0.1, 0.15) is 36.5 Å². The average Bonchev–Trinajstić information content (AvgIpc) is 3.32. The molecule has 1 N–H and O–H groups in total. The number of benzene rings is 1. The van der Waals surface area contributed by atoms with E-state index in [9.17, 15) is 14.3 Å². The van der Waals surface area contributed by atoms with Crippen molar-refractivity contribution in [3.8, 4) is 0 Å². The number of hydrogen-bond acceptors (Lipinski definition) is 3. The summed E-state index contributed by atoms with van der Waals surface area (Å²) in [7, 11) is 0. The number of halogens is 1. The molecule has 1 aliphatic carbocycles. The largest absolute Gasteiger partial charge is 0.387 e. The molecular weight excluding hydrogens is 309 g/mol. The van der Waals surface area contributed by atoms with Gasteiger partial charge in [-0.3, -0.25) is 9.48 Å². The molecule has 1 fully saturated rings. The van der Waals surface area contributed by atoms with E-state index in [0.717, 1.165) is 18.4 Å². The minimum Gasteiger partial charge on any atom is -0.387 e. The summed E-state index contributed by atoms with van der Waals surface area (Å²) in [5, 5.41) is 14.5. The van der Waals surface area contributed by atoms with Gasteiger partial charge in [-0.1, -0.05) is 12.1 Å². The molecule has 1 unspecified atom stereocenters. The fourth-order valence-electron chi connectivity index (χ4n) is 2.76. The van der Waals surface area contributed by atoms with Gasteiger partial charge < -0.3 is 10.0 Å². The molecule has 1 saturated carbocycles. The smallest absolute Gasteiger partial charge is 0.224 e. The van der Waals surface area contributed by atoms with Crippen molar-refractivity contribution in [3.63, 3.8) is 0 Å². The molecule has 2 aromatic rings. The number of carbonyl (C=O) groups excluding carboxylic acids is 1. The zero-order valence-corrected chi connectivity index (χ0v) is 13.7. The van der Waals surface area contributed by atoms with Crippen LogP contribution in [0.2, 0.25) is 0 Å². The molecule has 0 bridgehead atoms. The molecule has 1 aromatic carbocycles. The second-order valence-corrected chi connectivity index (χ2v) is 6.38. The van der Waals surface area contributed by atoms with Crippen molar-refractivity contribution in [2.45, 2.75) is 44.9 Å². The van der Waals surface area contributed by atoms with Crippen molar-refractivity contribution in [1.29, 1.82) is 0 Å². The van der Waals surface area contributed by atoms with Crippen molar-refractivity contribution >= 4 is 5.91 Å². The lowest BCUT2D eigenvalue weighted by atomic mass is 10.1. The topological polar surface area (TPSA) is 58.4 Å². The van der Waals surface area contributed by atoms with E-state index in [-0.39, 0.29) is 24.3 Å². The quantitative estimate of drug-likeness (QED) is 0.848. The molecule has 0 spiro atoms. The predicted octanol–water partition coefficient (Wildman–Crippen LogP) is 2.45. The van der Waals surface area contributed by atoms with Gasteiger partial charge in [0.25, 0.3) is 0 Å². The Balaban J connectivity index is 1.59. The molecular formula is C18H22FN3O2. The van der Waals surface area contributed by atoms with Crippen LogP contribution >= 0.6 is 0 Å². The molecule has 5 nitrogen and oxygen atoms in total. The first-order valence-electron chi connectivity index (χ1n) is 8.25. The van der Waals surface area contributed by atoms with E-state index in [1.54, 1.807) is 27.9 Å². The van der Waals surface area contributed by atoms with E-state index < -0.39 is 6.10 Å². The fraction of sp³-hybridized carbons (Fsp3) is 0.444. The Bertz CT molecular complexity index is 695. The first kappa shape index (κ1) is 16.6. The van der Waals surface area contributed by atoms with E-state index >= 15 is 0 Å². The number of aliphatic hydroxyl groups excluding tert-OH is 1. The summed E-state index contributed by atoms with van der Waals surface area (Å²) >= 11 is 0. The van der Waals surface area contributed by atoms with Crippen LogP contribution < -0.4 is 0 Å². The van der Waals surface area contributed by atoms with Gasteiger partial charge in [0.05, 0.1) is 18.8 Å². The summed E-state index contributed by atoms with van der Waals surface area (Å²) in [6.45, 7) is 2.73. The number of aromatic nitrogens is 2. The van der Waals surface area contributed by atoms with Gasteiger partial charge in [-0.15, -0.1) is 0 Å². The van der Waals surface area contributed by atoms with Gasteiger partial charge >= 0.3 is 0 Å². The van der Waals surface area contributed by atoms with Crippen molar-refractivity contribution in [2.75, 3.05) is 6.54 Å². The van der Waals surface area contributed by atoms with Gasteiger partial charge in [-0.2, -0.15) is 5.10 Å². The Morgan fingerprint density at radius 3 is 2.71 bits per heavy atom. The first-order chi connectivity index (χ1) is 11.5. The van der Waals surface area contributed by atoms with E-state index in [0.29, 0.717) is 18.5 Å². The van der Waals surface area contributed by atoms with Gasteiger partial charge in [-0.05, 0) is 43.0 Å². The van der Waals surface area contributed by atoms with Gasteiger partial charge in [0, 0.05) is 25.2 Å². The van der Waals surface area contributed by atoms with E-state index in [1.807, 2.05) is 13.1 Å². The maximum atomic E-state index is 13.0. The summed E-state index contributed by atoms with van der Waals surface area (Å²) in [5.74, 6) is -0.317. The highest BCUT2D eigenvalue weighted by Crippen LogP contribution is 2.29. The van der Waals surface area contributed by atoms with Crippen molar-refractivity contribution in [2.24, 2.45) is 0 Å². The highest BCUT2D eigenvalue weighted by atomic mass is 19.1. The molecule has 24 heavy (non-hydrogen) atoms. The van der Waals surface area contributed by atoms with Crippen LogP contribution in [0.5, 0.6) is 0 Å². The van der Waals surface area contributed by atoms with Crippen LogP contribution in [0.15, 0.2) is 36.7 Å². The molecule has 1 heterocycles. The number of amides is 1. The van der Waals surface area contributed by atoms with Crippen molar-refractivity contribution in [1.82, 2.24) is 14.7 Å². The van der Waals surface area contributed by atoms with E-state index in [4.69, 9.17) is 0 Å². The molecule has 128 valence electrons. The normalized spacial score (nSPS) is 15.3. The number of rotatable bonds is 7. The predicted molar refractivity (Wildman–Crippen MR) is 87.7 cm³/mol. The zero-order valence-electron chi connectivity index (χ0n) is 13.7. The van der Waals surface area contributed by atoms with Gasteiger partial charge in [-0.25, -0.2) is 4.39 Å². The fourth-order valence-corrected chi connectivity index (χ4v) is 2.76. The number of aliphatic hydroxyl groups is 1.